The van der Waals surface area contributed by atoms with Gasteiger partial charge in [0.05, 0.1) is 18.9 Å². The predicted molar refractivity (Wildman–Crippen MR) is 159 cm³/mol. The van der Waals surface area contributed by atoms with Gasteiger partial charge in [-0.3, -0.25) is 19.3 Å². The third-order valence-electron chi connectivity index (χ3n) is 8.79. The molecule has 5 rings (SSSR count). The van der Waals surface area contributed by atoms with Crippen molar-refractivity contribution in [2.24, 2.45) is 11.7 Å². The van der Waals surface area contributed by atoms with Gasteiger partial charge in [0.15, 0.2) is 11.5 Å². The number of anilines is 1. The predicted octanol–water partition coefficient (Wildman–Crippen LogP) is 3.23. The summed E-state index contributed by atoms with van der Waals surface area (Å²) in [5, 5.41) is 10.6. The Balaban J connectivity index is 1.40. The Bertz CT molecular complexity index is 1290. The number of para-hydroxylation sites is 1. The van der Waals surface area contributed by atoms with E-state index in [4.69, 9.17) is 15.2 Å². The van der Waals surface area contributed by atoms with Crippen LogP contribution < -0.4 is 20.1 Å². The zero-order chi connectivity index (χ0) is 29.6. The van der Waals surface area contributed by atoms with Gasteiger partial charge < -0.3 is 30.1 Å². The van der Waals surface area contributed by atoms with Crippen molar-refractivity contribution in [3.8, 4) is 11.5 Å². The summed E-state index contributed by atoms with van der Waals surface area (Å²) in [6.07, 6.45) is 4.36. The van der Waals surface area contributed by atoms with Gasteiger partial charge >= 0.3 is 5.97 Å². The van der Waals surface area contributed by atoms with Crippen LogP contribution in [-0.2, 0) is 20.8 Å². The zero-order valence-corrected chi connectivity index (χ0v) is 24.4. The van der Waals surface area contributed by atoms with Crippen LogP contribution in [0.3, 0.4) is 0 Å². The molecule has 0 bridgehead atoms. The standard InChI is InChI=1S/C32H42N4O6/c1-2-3-14-34(15-7-6-13-33)30(38)20-35-19-24(22-10-11-27-28(17-22)42-21-41-27)31(32(39)40)26(35)12-16-36-25-9-5-4-8-23(25)18-29(36)37/h4-5,8-11,17,24,26,31H,2-3,6-7,12-16,18-21,33H2,1H3,(H,39,40). The van der Waals surface area contributed by atoms with Crippen LogP contribution >= 0.6 is 0 Å². The molecule has 226 valence electrons. The molecule has 42 heavy (non-hydrogen) atoms. The molecule has 3 N–H and O–H groups in total. The van der Waals surface area contributed by atoms with E-state index in [0.717, 1.165) is 42.5 Å². The number of hydrogen-bond acceptors (Lipinski definition) is 7. The topological polar surface area (TPSA) is 126 Å². The van der Waals surface area contributed by atoms with Crippen molar-refractivity contribution in [1.82, 2.24) is 9.80 Å². The summed E-state index contributed by atoms with van der Waals surface area (Å²) in [6.45, 7) is 5.07. The Kier molecular flexibility index (Phi) is 9.64. The molecule has 2 aromatic rings. The lowest BCUT2D eigenvalue weighted by atomic mass is 9.84. The summed E-state index contributed by atoms with van der Waals surface area (Å²) in [5.74, 6) is -0.748. The summed E-state index contributed by atoms with van der Waals surface area (Å²) in [4.78, 5) is 45.2. The number of likely N-dealkylation sites (tertiary alicyclic amines) is 1. The normalized spacial score (nSPS) is 21.1. The molecular weight excluding hydrogens is 536 g/mol. The van der Waals surface area contributed by atoms with Crippen molar-refractivity contribution >= 4 is 23.5 Å². The lowest BCUT2D eigenvalue weighted by molar-refractivity contribution is -0.143. The molecule has 0 spiro atoms. The lowest BCUT2D eigenvalue weighted by Crippen LogP contribution is -2.46. The highest BCUT2D eigenvalue weighted by atomic mass is 16.7. The van der Waals surface area contributed by atoms with Crippen LogP contribution in [0.1, 0.15) is 56.1 Å². The molecule has 0 aliphatic carbocycles. The smallest absolute Gasteiger partial charge is 0.308 e. The second kappa shape index (κ2) is 13.6. The average molecular weight is 579 g/mol. The van der Waals surface area contributed by atoms with Crippen LogP contribution in [0.5, 0.6) is 11.5 Å². The number of nitrogens with two attached hydrogens (primary N) is 1. The number of nitrogens with zero attached hydrogens (tertiary/aromatic N) is 3. The molecule has 3 aliphatic rings. The molecule has 2 aromatic carbocycles. The monoisotopic (exact) mass is 578 g/mol. The van der Waals surface area contributed by atoms with Gasteiger partial charge in [-0.15, -0.1) is 0 Å². The first-order valence-electron chi connectivity index (χ1n) is 15.1. The number of carbonyl (C=O) groups is 3. The first-order chi connectivity index (χ1) is 20.4. The maximum Gasteiger partial charge on any atom is 0.308 e. The van der Waals surface area contributed by atoms with Gasteiger partial charge in [-0.2, -0.15) is 0 Å². The van der Waals surface area contributed by atoms with Gasteiger partial charge in [0, 0.05) is 43.8 Å². The van der Waals surface area contributed by atoms with Gasteiger partial charge in [0.25, 0.3) is 0 Å². The number of hydrogen-bond donors (Lipinski definition) is 2. The summed E-state index contributed by atoms with van der Waals surface area (Å²) in [7, 11) is 0. The fraction of sp³-hybridized carbons (Fsp3) is 0.531. The van der Waals surface area contributed by atoms with Gasteiger partial charge in [-0.1, -0.05) is 37.6 Å². The fourth-order valence-corrected chi connectivity index (χ4v) is 6.59. The number of benzene rings is 2. The highest BCUT2D eigenvalue weighted by molar-refractivity contribution is 6.01. The number of carboxylic acid groups (broad SMARTS) is 1. The number of carboxylic acids is 1. The van der Waals surface area contributed by atoms with E-state index >= 15 is 0 Å². The van der Waals surface area contributed by atoms with Crippen LogP contribution in [0.15, 0.2) is 42.5 Å². The Hall–Kier alpha value is -3.63. The molecule has 3 atom stereocenters. The third kappa shape index (κ3) is 6.39. The number of aliphatic carboxylic acids is 1. The quantitative estimate of drug-likeness (QED) is 0.328. The molecule has 3 heterocycles. The Morgan fingerprint density at radius 3 is 2.64 bits per heavy atom. The number of fused-ring (bicyclic) bond motifs is 2. The minimum Gasteiger partial charge on any atom is -0.481 e. The number of unbranched alkanes of at least 4 members (excludes halogenated alkanes) is 2. The van der Waals surface area contributed by atoms with Gasteiger partial charge in [0.1, 0.15) is 0 Å². The van der Waals surface area contributed by atoms with E-state index in [0.29, 0.717) is 57.1 Å². The van der Waals surface area contributed by atoms with Crippen LogP contribution in [-0.4, -0.2) is 84.8 Å². The lowest BCUT2D eigenvalue weighted by Gasteiger charge is -2.31. The third-order valence-corrected chi connectivity index (χ3v) is 8.79. The van der Waals surface area contributed by atoms with Crippen molar-refractivity contribution in [2.45, 2.75) is 57.4 Å². The first kappa shape index (κ1) is 29.8. The minimum atomic E-state index is -0.906. The molecule has 10 nitrogen and oxygen atoms in total. The number of rotatable bonds is 14. The SMILES string of the molecule is CCCCN(CCCCN)C(=O)CN1CC(c2ccc3c(c2)OCO3)C(C(=O)O)C1CCN1C(=O)Cc2ccccc21. The molecule has 0 saturated carbocycles. The fourth-order valence-electron chi connectivity index (χ4n) is 6.59. The Morgan fingerprint density at radius 1 is 1.07 bits per heavy atom. The molecule has 0 radical (unpaired) electrons. The second-order valence-electron chi connectivity index (χ2n) is 11.4. The molecule has 10 heteroatoms. The number of amides is 2. The maximum absolute atomic E-state index is 13.7. The van der Waals surface area contributed by atoms with Crippen molar-refractivity contribution in [3.63, 3.8) is 0 Å². The van der Waals surface area contributed by atoms with Crippen LogP contribution in [0, 0.1) is 5.92 Å². The van der Waals surface area contributed by atoms with E-state index in [1.807, 2.05) is 52.3 Å². The van der Waals surface area contributed by atoms with E-state index in [2.05, 4.69) is 6.92 Å². The number of ether oxygens (including phenoxy) is 2. The summed E-state index contributed by atoms with van der Waals surface area (Å²) >= 11 is 0. The van der Waals surface area contributed by atoms with E-state index in [1.165, 1.54) is 0 Å². The molecule has 1 fully saturated rings. The average Bonchev–Trinajstić information content (AvgIpc) is 3.68. The molecular formula is C32H42N4O6. The molecule has 1 saturated heterocycles. The van der Waals surface area contributed by atoms with Crippen LogP contribution in [0.2, 0.25) is 0 Å². The summed E-state index contributed by atoms with van der Waals surface area (Å²) in [5.41, 5.74) is 8.42. The second-order valence-corrected chi connectivity index (χ2v) is 11.4. The minimum absolute atomic E-state index is 0.00328. The van der Waals surface area contributed by atoms with Gasteiger partial charge in [-0.25, -0.2) is 0 Å². The van der Waals surface area contributed by atoms with E-state index in [9.17, 15) is 19.5 Å². The Labute approximate surface area is 247 Å². The Morgan fingerprint density at radius 2 is 1.86 bits per heavy atom. The van der Waals surface area contributed by atoms with Crippen molar-refractivity contribution in [3.05, 3.63) is 53.6 Å². The van der Waals surface area contributed by atoms with E-state index < -0.39 is 17.9 Å². The van der Waals surface area contributed by atoms with Gasteiger partial charge in [-0.05, 0) is 61.6 Å². The molecule has 2 amide bonds. The highest BCUT2D eigenvalue weighted by Gasteiger charge is 2.47. The van der Waals surface area contributed by atoms with E-state index in [-0.39, 0.29) is 31.1 Å². The molecule has 3 aliphatic heterocycles. The largest absolute Gasteiger partial charge is 0.481 e. The number of carbonyl (C=O) groups excluding carboxylic acids is 2. The van der Waals surface area contributed by atoms with Crippen molar-refractivity contribution < 1.29 is 29.0 Å². The van der Waals surface area contributed by atoms with Gasteiger partial charge in [0.2, 0.25) is 18.6 Å². The zero-order valence-electron chi connectivity index (χ0n) is 24.4. The van der Waals surface area contributed by atoms with Crippen LogP contribution in [0.25, 0.3) is 0 Å². The maximum atomic E-state index is 13.7. The van der Waals surface area contributed by atoms with Crippen molar-refractivity contribution in [1.29, 1.82) is 0 Å². The van der Waals surface area contributed by atoms with Crippen molar-refractivity contribution in [2.75, 3.05) is 51.0 Å². The molecule has 0 aromatic heterocycles. The first-order valence-corrected chi connectivity index (χ1v) is 15.1. The van der Waals surface area contributed by atoms with E-state index in [1.54, 1.807) is 4.90 Å². The summed E-state index contributed by atoms with van der Waals surface area (Å²) < 4.78 is 11.1. The highest BCUT2D eigenvalue weighted by Crippen LogP contribution is 2.43. The summed E-state index contributed by atoms with van der Waals surface area (Å²) in [6, 6.07) is 12.9. The molecule has 3 unspecified atom stereocenters. The van der Waals surface area contributed by atoms with Crippen LogP contribution in [0.4, 0.5) is 5.69 Å².